The van der Waals surface area contributed by atoms with Crippen molar-refractivity contribution in [1.82, 2.24) is 19.9 Å². The Morgan fingerprint density at radius 3 is 2.93 bits per heavy atom. The first-order chi connectivity index (χ1) is 14.0. The van der Waals surface area contributed by atoms with Crippen molar-refractivity contribution in [1.29, 1.82) is 0 Å². The molecular formula is C20H22N6O2S. The number of aromatic nitrogens is 3. The molecule has 0 aromatic carbocycles. The number of thioether (sulfide) groups is 1. The quantitative estimate of drug-likeness (QED) is 0.497. The van der Waals surface area contributed by atoms with Crippen LogP contribution in [-0.4, -0.2) is 44.2 Å². The number of nitrogens with zero attached hydrogens (tertiary/aromatic N) is 3. The van der Waals surface area contributed by atoms with Crippen molar-refractivity contribution in [2.75, 3.05) is 17.2 Å². The highest BCUT2D eigenvalue weighted by molar-refractivity contribution is 8.03. The fourth-order valence-electron chi connectivity index (χ4n) is 3.53. The van der Waals surface area contributed by atoms with E-state index in [0.29, 0.717) is 22.5 Å². The predicted octanol–water partition coefficient (Wildman–Crippen LogP) is 2.55. The number of imide groups is 1. The Bertz CT molecular complexity index is 1070. The third kappa shape index (κ3) is 3.87. The van der Waals surface area contributed by atoms with E-state index >= 15 is 0 Å². The van der Waals surface area contributed by atoms with E-state index < -0.39 is 0 Å². The molecule has 29 heavy (non-hydrogen) atoms. The molecule has 8 nitrogen and oxygen atoms in total. The Labute approximate surface area is 172 Å². The summed E-state index contributed by atoms with van der Waals surface area (Å²) in [6, 6.07) is 2.45. The molecule has 9 heteroatoms. The van der Waals surface area contributed by atoms with Crippen LogP contribution in [0.2, 0.25) is 0 Å². The van der Waals surface area contributed by atoms with Crippen molar-refractivity contribution in [2.24, 2.45) is 0 Å². The molecule has 0 bridgehead atoms. The summed E-state index contributed by atoms with van der Waals surface area (Å²) in [5.74, 6) is 1.03. The van der Waals surface area contributed by atoms with Crippen LogP contribution in [0.4, 0.5) is 11.6 Å². The molecule has 150 valence electrons. The molecule has 1 saturated heterocycles. The van der Waals surface area contributed by atoms with Crippen LogP contribution in [0, 0.1) is 0 Å². The van der Waals surface area contributed by atoms with Crippen LogP contribution in [-0.2, 0) is 9.59 Å². The Morgan fingerprint density at radius 1 is 1.38 bits per heavy atom. The van der Waals surface area contributed by atoms with Crippen LogP contribution >= 0.6 is 11.8 Å². The minimum atomic E-state index is -0.346. The summed E-state index contributed by atoms with van der Waals surface area (Å²) in [6.45, 7) is 2.98. The smallest absolute Gasteiger partial charge is 0.254 e. The van der Waals surface area contributed by atoms with Gasteiger partial charge in [0.05, 0.1) is 12.6 Å². The van der Waals surface area contributed by atoms with Gasteiger partial charge in [0.25, 0.3) is 5.91 Å². The number of hydrogen-bond donors (Lipinski definition) is 3. The van der Waals surface area contributed by atoms with Gasteiger partial charge in [0, 0.05) is 35.0 Å². The normalized spacial score (nSPS) is 23.0. The molecule has 0 spiro atoms. The number of hydrogen-bond acceptors (Lipinski definition) is 7. The van der Waals surface area contributed by atoms with E-state index in [1.165, 1.54) is 5.57 Å². The van der Waals surface area contributed by atoms with Gasteiger partial charge in [0.1, 0.15) is 11.6 Å². The average molecular weight is 411 g/mol. The van der Waals surface area contributed by atoms with Crippen LogP contribution in [0.25, 0.3) is 11.7 Å². The topological polar surface area (TPSA) is 100 Å². The molecule has 1 atom stereocenters. The van der Waals surface area contributed by atoms with Crippen molar-refractivity contribution in [3.8, 4) is 0 Å². The predicted molar refractivity (Wildman–Crippen MR) is 114 cm³/mol. The van der Waals surface area contributed by atoms with Gasteiger partial charge in [-0.2, -0.15) is 9.61 Å². The molecule has 4 heterocycles. The zero-order valence-electron chi connectivity index (χ0n) is 16.1. The third-order valence-electron chi connectivity index (χ3n) is 5.18. The van der Waals surface area contributed by atoms with Gasteiger partial charge in [-0.3, -0.25) is 14.9 Å². The number of amides is 2. The summed E-state index contributed by atoms with van der Waals surface area (Å²) in [5.41, 5.74) is 3.23. The third-order valence-corrected chi connectivity index (χ3v) is 6.43. The van der Waals surface area contributed by atoms with Gasteiger partial charge in [-0.15, -0.1) is 11.8 Å². The van der Waals surface area contributed by atoms with Crippen molar-refractivity contribution < 1.29 is 9.59 Å². The fraction of sp³-hybridized carbons (Fsp3) is 0.400. The monoisotopic (exact) mass is 410 g/mol. The lowest BCUT2D eigenvalue weighted by atomic mass is 10.1. The van der Waals surface area contributed by atoms with E-state index in [0.717, 1.165) is 43.0 Å². The molecule has 5 rings (SSSR count). The van der Waals surface area contributed by atoms with Gasteiger partial charge in [-0.25, -0.2) is 4.98 Å². The summed E-state index contributed by atoms with van der Waals surface area (Å²) in [6.07, 6.45) is 6.87. The molecule has 2 aromatic heterocycles. The average Bonchev–Trinajstić information content (AvgIpc) is 3.10. The van der Waals surface area contributed by atoms with Gasteiger partial charge >= 0.3 is 0 Å². The first-order valence-electron chi connectivity index (χ1n) is 9.80. The maximum atomic E-state index is 11.9. The Hall–Kier alpha value is -2.81. The lowest BCUT2D eigenvalue weighted by Gasteiger charge is -2.14. The minimum absolute atomic E-state index is 0.0898. The maximum absolute atomic E-state index is 11.9. The Morgan fingerprint density at radius 2 is 2.24 bits per heavy atom. The summed E-state index contributed by atoms with van der Waals surface area (Å²) in [5, 5.41) is 16.5. The molecule has 2 amide bonds. The van der Waals surface area contributed by atoms with E-state index in [-0.39, 0.29) is 18.2 Å². The molecule has 0 radical (unpaired) electrons. The van der Waals surface area contributed by atoms with Gasteiger partial charge in [0.2, 0.25) is 5.91 Å². The molecule has 1 saturated carbocycles. The molecule has 1 aliphatic carbocycles. The van der Waals surface area contributed by atoms with Crippen LogP contribution in [0.15, 0.2) is 28.8 Å². The van der Waals surface area contributed by atoms with Crippen LogP contribution in [0.1, 0.15) is 38.2 Å². The highest BCUT2D eigenvalue weighted by Gasteiger charge is 2.26. The largest absolute Gasteiger partial charge is 0.369 e. The standard InChI is InChI=1S/C20H22N6O2S/c1-11-4-15(29-10-11)9-21-16-7-17(23-14-2-3-14)26-19(24-16)13(8-22-26)5-12-6-18(27)25-20(12)28/h5,7-8,10,14-15,23H,2-4,6,9H2,1H3,(H,21,24)(H,25,27,28)/b12-5+. The summed E-state index contributed by atoms with van der Waals surface area (Å²) in [7, 11) is 0. The second-order valence-electron chi connectivity index (χ2n) is 7.81. The van der Waals surface area contributed by atoms with Gasteiger partial charge in [0.15, 0.2) is 5.65 Å². The number of nitrogens with one attached hydrogen (secondary N) is 3. The van der Waals surface area contributed by atoms with E-state index in [1.54, 1.807) is 16.8 Å². The van der Waals surface area contributed by atoms with E-state index in [4.69, 9.17) is 4.98 Å². The zero-order chi connectivity index (χ0) is 20.0. The van der Waals surface area contributed by atoms with Crippen molar-refractivity contribution in [3.63, 3.8) is 0 Å². The number of anilines is 2. The molecule has 1 unspecified atom stereocenters. The molecule has 2 aliphatic heterocycles. The van der Waals surface area contributed by atoms with Crippen LogP contribution in [0.3, 0.4) is 0 Å². The lowest BCUT2D eigenvalue weighted by molar-refractivity contribution is -0.124. The number of carbonyl (C=O) groups is 2. The molecule has 2 fully saturated rings. The first kappa shape index (κ1) is 18.2. The lowest BCUT2D eigenvalue weighted by Crippen LogP contribution is -2.19. The van der Waals surface area contributed by atoms with E-state index in [9.17, 15) is 9.59 Å². The number of fused-ring (bicyclic) bond motifs is 1. The van der Waals surface area contributed by atoms with Crippen LogP contribution in [0.5, 0.6) is 0 Å². The van der Waals surface area contributed by atoms with E-state index in [2.05, 4.69) is 33.4 Å². The second-order valence-corrected chi connectivity index (χ2v) is 8.99. The van der Waals surface area contributed by atoms with E-state index in [1.807, 2.05) is 17.8 Å². The molecule has 3 N–H and O–H groups in total. The van der Waals surface area contributed by atoms with Gasteiger partial charge < -0.3 is 10.6 Å². The SMILES string of the molecule is CC1=CSC(CNc2cc(NC3CC3)n3ncc(/C=C4\CC(=O)NC4=O)c3n2)C1. The minimum Gasteiger partial charge on any atom is -0.369 e. The highest BCUT2D eigenvalue weighted by atomic mass is 32.2. The summed E-state index contributed by atoms with van der Waals surface area (Å²) >= 11 is 1.85. The van der Waals surface area contributed by atoms with Crippen molar-refractivity contribution in [2.45, 2.75) is 43.9 Å². The summed E-state index contributed by atoms with van der Waals surface area (Å²) < 4.78 is 1.76. The second kappa shape index (κ2) is 7.22. The highest BCUT2D eigenvalue weighted by Crippen LogP contribution is 2.31. The van der Waals surface area contributed by atoms with Crippen LogP contribution < -0.4 is 16.0 Å². The number of allylic oxidation sites excluding steroid dienone is 1. The summed E-state index contributed by atoms with van der Waals surface area (Å²) in [4.78, 5) is 28.2. The van der Waals surface area contributed by atoms with Gasteiger partial charge in [-0.1, -0.05) is 5.57 Å². The fourth-order valence-corrected chi connectivity index (χ4v) is 4.59. The number of carbonyl (C=O) groups excluding carboxylic acids is 2. The zero-order valence-corrected chi connectivity index (χ0v) is 16.9. The Kier molecular flexibility index (Phi) is 4.54. The van der Waals surface area contributed by atoms with Gasteiger partial charge in [-0.05, 0) is 37.7 Å². The number of rotatable bonds is 6. The molecule has 3 aliphatic rings. The molecule has 2 aromatic rings. The molecular weight excluding hydrogens is 388 g/mol. The van der Waals surface area contributed by atoms with Crippen molar-refractivity contribution >= 4 is 46.9 Å². The first-order valence-corrected chi connectivity index (χ1v) is 10.7. The Balaban J connectivity index is 1.46. The van der Waals surface area contributed by atoms with Crippen molar-refractivity contribution in [3.05, 3.63) is 34.4 Å². The maximum Gasteiger partial charge on any atom is 0.254 e.